The third kappa shape index (κ3) is 4.22. The highest BCUT2D eigenvalue weighted by molar-refractivity contribution is 5.85. The molecular weight excluding hydrogens is 300 g/mol. The fourth-order valence-electron chi connectivity index (χ4n) is 4.13. The zero-order valence-electron chi connectivity index (χ0n) is 16.1. The molecule has 2 N–H and O–H groups in total. The van der Waals surface area contributed by atoms with Crippen LogP contribution in [-0.4, -0.2) is 50.5 Å². The summed E-state index contributed by atoms with van der Waals surface area (Å²) >= 11 is 0. The second-order valence-electron chi connectivity index (χ2n) is 7.94. The minimum atomic E-state index is -0.251. The lowest BCUT2D eigenvalue weighted by Gasteiger charge is -2.40. The Morgan fingerprint density at radius 1 is 1.04 bits per heavy atom. The maximum atomic E-state index is 12.7. The minimum absolute atomic E-state index is 0.251. The Balaban J connectivity index is 2.00. The van der Waals surface area contributed by atoms with Crippen molar-refractivity contribution in [1.82, 2.24) is 15.5 Å². The van der Waals surface area contributed by atoms with Crippen LogP contribution in [0.1, 0.15) is 65.2 Å². The fraction of sp³-hybridized carbons (Fsp3) is 0.895. The summed E-state index contributed by atoms with van der Waals surface area (Å²) in [6, 6.07) is 0. The average molecular weight is 337 g/mol. The van der Waals surface area contributed by atoms with Gasteiger partial charge in [0.25, 0.3) is 0 Å². The van der Waals surface area contributed by atoms with Gasteiger partial charge < -0.3 is 15.5 Å². The van der Waals surface area contributed by atoms with Gasteiger partial charge in [0.2, 0.25) is 5.91 Å². The molecule has 138 valence electrons. The molecule has 0 aliphatic heterocycles. The SMILES string of the molecule is CCNC(=NCC1(CC)CCC1)NCC1(C(=O)N(C)C)CCCC1. The van der Waals surface area contributed by atoms with Crippen LogP contribution in [0.5, 0.6) is 0 Å². The molecule has 0 bridgehead atoms. The summed E-state index contributed by atoms with van der Waals surface area (Å²) in [6.45, 7) is 6.80. The molecule has 2 saturated carbocycles. The number of guanidine groups is 1. The van der Waals surface area contributed by atoms with Gasteiger partial charge >= 0.3 is 0 Å². The first-order chi connectivity index (χ1) is 11.5. The molecule has 1 amide bonds. The molecule has 0 unspecified atom stereocenters. The van der Waals surface area contributed by atoms with E-state index in [0.717, 1.165) is 44.7 Å². The molecule has 0 radical (unpaired) electrons. The molecule has 5 nitrogen and oxygen atoms in total. The van der Waals surface area contributed by atoms with E-state index in [0.29, 0.717) is 12.0 Å². The maximum Gasteiger partial charge on any atom is 0.230 e. The van der Waals surface area contributed by atoms with Crippen molar-refractivity contribution in [2.75, 3.05) is 33.7 Å². The minimum Gasteiger partial charge on any atom is -0.357 e. The largest absolute Gasteiger partial charge is 0.357 e. The van der Waals surface area contributed by atoms with Crippen LogP contribution in [-0.2, 0) is 4.79 Å². The van der Waals surface area contributed by atoms with Crippen LogP contribution in [0.25, 0.3) is 0 Å². The number of hydrogen-bond donors (Lipinski definition) is 2. The zero-order valence-corrected chi connectivity index (χ0v) is 16.1. The first-order valence-electron chi connectivity index (χ1n) is 9.71. The molecule has 5 heteroatoms. The van der Waals surface area contributed by atoms with Crippen molar-refractivity contribution in [3.63, 3.8) is 0 Å². The van der Waals surface area contributed by atoms with Gasteiger partial charge in [-0.2, -0.15) is 0 Å². The van der Waals surface area contributed by atoms with Crippen molar-refractivity contribution in [3.8, 4) is 0 Å². The summed E-state index contributed by atoms with van der Waals surface area (Å²) in [5.41, 5.74) is 0.172. The molecule has 0 heterocycles. The van der Waals surface area contributed by atoms with Crippen molar-refractivity contribution in [2.45, 2.75) is 65.2 Å². The first kappa shape index (κ1) is 19.1. The smallest absolute Gasteiger partial charge is 0.230 e. The Hall–Kier alpha value is -1.26. The lowest BCUT2D eigenvalue weighted by molar-refractivity contribution is -0.138. The molecule has 24 heavy (non-hydrogen) atoms. The number of rotatable bonds is 7. The van der Waals surface area contributed by atoms with Crippen molar-refractivity contribution in [3.05, 3.63) is 0 Å². The summed E-state index contributed by atoms with van der Waals surface area (Å²) in [5, 5.41) is 6.83. The first-order valence-corrected chi connectivity index (χ1v) is 9.71. The van der Waals surface area contributed by atoms with E-state index in [1.54, 1.807) is 4.90 Å². The Labute approximate surface area is 147 Å². The van der Waals surface area contributed by atoms with Gasteiger partial charge in [0.05, 0.1) is 5.41 Å². The van der Waals surface area contributed by atoms with Crippen molar-refractivity contribution in [2.24, 2.45) is 15.8 Å². The Kier molecular flexibility index (Phi) is 6.53. The van der Waals surface area contributed by atoms with E-state index in [4.69, 9.17) is 4.99 Å². The van der Waals surface area contributed by atoms with Crippen LogP contribution in [0.4, 0.5) is 0 Å². The lowest BCUT2D eigenvalue weighted by atomic mass is 9.67. The summed E-state index contributed by atoms with van der Waals surface area (Å²) < 4.78 is 0. The lowest BCUT2D eigenvalue weighted by Crippen LogP contribution is -2.49. The average Bonchev–Trinajstić information content (AvgIpc) is 3.01. The van der Waals surface area contributed by atoms with E-state index in [9.17, 15) is 4.79 Å². The predicted octanol–water partition coefficient (Wildman–Crippen LogP) is 2.77. The zero-order chi connectivity index (χ0) is 17.6. The highest BCUT2D eigenvalue weighted by Crippen LogP contribution is 2.44. The Morgan fingerprint density at radius 3 is 2.17 bits per heavy atom. The van der Waals surface area contributed by atoms with E-state index < -0.39 is 0 Å². The van der Waals surface area contributed by atoms with E-state index in [1.165, 1.54) is 25.7 Å². The molecule has 0 aromatic heterocycles. The molecule has 0 saturated heterocycles. The van der Waals surface area contributed by atoms with E-state index in [-0.39, 0.29) is 11.3 Å². The van der Waals surface area contributed by atoms with Crippen LogP contribution in [0.3, 0.4) is 0 Å². The van der Waals surface area contributed by atoms with Crippen LogP contribution >= 0.6 is 0 Å². The quantitative estimate of drug-likeness (QED) is 0.555. The molecule has 2 rings (SSSR count). The summed E-state index contributed by atoms with van der Waals surface area (Å²) in [4.78, 5) is 19.3. The van der Waals surface area contributed by atoms with E-state index >= 15 is 0 Å². The molecule has 0 aromatic rings. The molecular formula is C19H36N4O. The van der Waals surface area contributed by atoms with E-state index in [2.05, 4.69) is 24.5 Å². The maximum absolute atomic E-state index is 12.7. The molecule has 0 atom stereocenters. The topological polar surface area (TPSA) is 56.7 Å². The molecule has 2 aliphatic carbocycles. The summed E-state index contributed by atoms with van der Waals surface area (Å²) in [7, 11) is 3.73. The van der Waals surface area contributed by atoms with Crippen LogP contribution < -0.4 is 10.6 Å². The second-order valence-corrected chi connectivity index (χ2v) is 7.94. The molecule has 0 aromatic carbocycles. The van der Waals surface area contributed by atoms with Crippen LogP contribution in [0, 0.1) is 10.8 Å². The Bertz CT molecular complexity index is 443. The van der Waals surface area contributed by atoms with Gasteiger partial charge in [-0.1, -0.05) is 26.2 Å². The number of hydrogen-bond acceptors (Lipinski definition) is 2. The van der Waals surface area contributed by atoms with Gasteiger partial charge in [-0.3, -0.25) is 9.79 Å². The monoisotopic (exact) mass is 336 g/mol. The number of carbonyl (C=O) groups excluding carboxylic acids is 1. The normalized spacial score (nSPS) is 21.9. The van der Waals surface area contributed by atoms with Gasteiger partial charge in [0.15, 0.2) is 5.96 Å². The van der Waals surface area contributed by atoms with Gasteiger partial charge in [0.1, 0.15) is 0 Å². The van der Waals surface area contributed by atoms with Gasteiger partial charge in [-0.15, -0.1) is 0 Å². The van der Waals surface area contributed by atoms with Crippen molar-refractivity contribution < 1.29 is 4.79 Å². The molecule has 2 aliphatic rings. The van der Waals surface area contributed by atoms with Crippen LogP contribution in [0.15, 0.2) is 4.99 Å². The number of carbonyl (C=O) groups is 1. The standard InChI is InChI=1S/C19H36N4O/c1-5-18(10-9-11-18)14-21-17(20-6-2)22-15-19(12-7-8-13-19)16(24)23(3)4/h5-15H2,1-4H3,(H2,20,21,22). The molecule has 0 spiro atoms. The third-order valence-electron chi connectivity index (χ3n) is 6.10. The molecule has 2 fully saturated rings. The Morgan fingerprint density at radius 2 is 1.71 bits per heavy atom. The fourth-order valence-corrected chi connectivity index (χ4v) is 4.13. The highest BCUT2D eigenvalue weighted by Gasteiger charge is 2.42. The van der Waals surface area contributed by atoms with Crippen molar-refractivity contribution in [1.29, 1.82) is 0 Å². The summed E-state index contributed by atoms with van der Waals surface area (Å²) in [6.07, 6.45) is 9.41. The van der Waals surface area contributed by atoms with Gasteiger partial charge in [0, 0.05) is 33.7 Å². The van der Waals surface area contributed by atoms with E-state index in [1.807, 2.05) is 14.1 Å². The van der Waals surface area contributed by atoms with Crippen LogP contribution in [0.2, 0.25) is 0 Å². The number of nitrogens with zero attached hydrogens (tertiary/aromatic N) is 2. The number of nitrogens with one attached hydrogen (secondary N) is 2. The van der Waals surface area contributed by atoms with Crippen molar-refractivity contribution >= 4 is 11.9 Å². The second kappa shape index (κ2) is 8.21. The predicted molar refractivity (Wildman–Crippen MR) is 100 cm³/mol. The summed E-state index contributed by atoms with van der Waals surface area (Å²) in [5.74, 6) is 1.13. The highest BCUT2D eigenvalue weighted by atomic mass is 16.2. The third-order valence-corrected chi connectivity index (χ3v) is 6.10. The number of amides is 1. The number of aliphatic imine (C=N–C) groups is 1. The van der Waals surface area contributed by atoms with Gasteiger partial charge in [-0.05, 0) is 44.4 Å². The van der Waals surface area contributed by atoms with Gasteiger partial charge in [-0.25, -0.2) is 0 Å².